The van der Waals surface area contributed by atoms with Gasteiger partial charge < -0.3 is 10.5 Å². The molecular weight excluding hydrogens is 309 g/mol. The summed E-state index contributed by atoms with van der Waals surface area (Å²) in [6.45, 7) is 0. The number of nitrogens with two attached hydrogens (primary N) is 1. The molecule has 0 spiro atoms. The molecule has 0 heterocycles. The molecule has 2 nitrogen and oxygen atoms in total. The molecule has 0 radical (unpaired) electrons. The van der Waals surface area contributed by atoms with Gasteiger partial charge >= 0.3 is 0 Å². The molecule has 0 amide bonds. The van der Waals surface area contributed by atoms with Crippen LogP contribution < -0.4 is 10.5 Å². The first-order valence-electron chi connectivity index (χ1n) is 2.72. The van der Waals surface area contributed by atoms with Gasteiger partial charge in [-0.05, 0) is 24.3 Å². The number of nitrogen functional groups attached to an aromatic ring is 1. The molecule has 2 N–H and O–H groups in total. The molecule has 0 aromatic heterocycles. The van der Waals surface area contributed by atoms with Crippen molar-refractivity contribution >= 4 is 5.69 Å². The number of methoxy groups -OCH3 is 1. The fourth-order valence-corrected chi connectivity index (χ4v) is 0.604. The summed E-state index contributed by atoms with van der Waals surface area (Å²) in [5, 5.41) is 0. The minimum Gasteiger partial charge on any atom is -0.497 e. The Kier molecular flexibility index (Phi) is 4.13. The van der Waals surface area contributed by atoms with Crippen LogP contribution in [0.2, 0.25) is 0 Å². The molecule has 0 fully saturated rings. The van der Waals surface area contributed by atoms with Gasteiger partial charge in [0.2, 0.25) is 0 Å². The molecule has 1 aromatic rings. The predicted molar refractivity (Wildman–Crippen MR) is 37.4 cm³/mol. The standard InChI is InChI=1S/C7H9NO.Pt/c1-9-7-4-2-6(8)3-5-7;/h2-5H,8H2,1H3;. The maximum absolute atomic E-state index is 5.43. The van der Waals surface area contributed by atoms with E-state index in [0.717, 1.165) is 11.4 Å². The van der Waals surface area contributed by atoms with E-state index in [-0.39, 0.29) is 21.1 Å². The van der Waals surface area contributed by atoms with E-state index in [1.807, 2.05) is 12.1 Å². The monoisotopic (exact) mass is 318 g/mol. The van der Waals surface area contributed by atoms with Gasteiger partial charge in [0.25, 0.3) is 0 Å². The fourth-order valence-electron chi connectivity index (χ4n) is 0.604. The number of benzene rings is 1. The Labute approximate surface area is 74.6 Å². The number of rotatable bonds is 1. The third-order valence-electron chi connectivity index (χ3n) is 1.12. The van der Waals surface area contributed by atoms with Crippen molar-refractivity contribution in [1.29, 1.82) is 0 Å². The number of hydrogen-bond donors (Lipinski definition) is 1. The van der Waals surface area contributed by atoms with Gasteiger partial charge in [0.1, 0.15) is 5.75 Å². The summed E-state index contributed by atoms with van der Waals surface area (Å²) in [4.78, 5) is 0. The molecule has 0 aliphatic carbocycles. The molecule has 58 valence electrons. The van der Waals surface area contributed by atoms with Crippen molar-refractivity contribution in [2.75, 3.05) is 12.8 Å². The van der Waals surface area contributed by atoms with Gasteiger partial charge in [0.05, 0.1) is 7.11 Å². The van der Waals surface area contributed by atoms with Crippen LogP contribution >= 0.6 is 0 Å². The zero-order valence-corrected chi connectivity index (χ0v) is 7.88. The Morgan fingerprint density at radius 3 is 2.10 bits per heavy atom. The summed E-state index contributed by atoms with van der Waals surface area (Å²) in [5.74, 6) is 0.837. The van der Waals surface area contributed by atoms with Crippen molar-refractivity contribution in [3.05, 3.63) is 24.3 Å². The maximum atomic E-state index is 5.43. The van der Waals surface area contributed by atoms with E-state index in [2.05, 4.69) is 0 Å². The van der Waals surface area contributed by atoms with Crippen molar-refractivity contribution in [1.82, 2.24) is 0 Å². The third kappa shape index (κ3) is 2.40. The minimum atomic E-state index is 0. The predicted octanol–water partition coefficient (Wildman–Crippen LogP) is 1.27. The maximum Gasteiger partial charge on any atom is 0.119 e. The summed E-state index contributed by atoms with van der Waals surface area (Å²) >= 11 is 0. The second-order valence-corrected chi connectivity index (χ2v) is 1.77. The molecule has 0 aliphatic rings. The van der Waals surface area contributed by atoms with Gasteiger partial charge in [-0.15, -0.1) is 0 Å². The van der Waals surface area contributed by atoms with Crippen LogP contribution in [0.4, 0.5) is 5.69 Å². The van der Waals surface area contributed by atoms with Crippen LogP contribution in [0, 0.1) is 0 Å². The van der Waals surface area contributed by atoms with E-state index in [0.29, 0.717) is 0 Å². The second kappa shape index (κ2) is 4.34. The zero-order chi connectivity index (χ0) is 6.69. The van der Waals surface area contributed by atoms with Crippen molar-refractivity contribution in [2.45, 2.75) is 0 Å². The van der Waals surface area contributed by atoms with Gasteiger partial charge in [-0.1, -0.05) is 0 Å². The molecule has 3 heteroatoms. The smallest absolute Gasteiger partial charge is 0.119 e. The van der Waals surface area contributed by atoms with Gasteiger partial charge in [0, 0.05) is 26.8 Å². The first-order chi connectivity index (χ1) is 4.33. The van der Waals surface area contributed by atoms with E-state index in [1.165, 1.54) is 0 Å². The van der Waals surface area contributed by atoms with Crippen LogP contribution in [0.3, 0.4) is 0 Å². The largest absolute Gasteiger partial charge is 0.497 e. The quantitative estimate of drug-likeness (QED) is 0.792. The molecule has 0 bridgehead atoms. The van der Waals surface area contributed by atoms with Crippen LogP contribution in [0.1, 0.15) is 0 Å². The van der Waals surface area contributed by atoms with Gasteiger partial charge in [-0.3, -0.25) is 0 Å². The summed E-state index contributed by atoms with van der Waals surface area (Å²) in [7, 11) is 1.63. The fraction of sp³-hybridized carbons (Fsp3) is 0.143. The number of anilines is 1. The Hall–Kier alpha value is -0.492. The van der Waals surface area contributed by atoms with Crippen LogP contribution in [0.15, 0.2) is 24.3 Å². The van der Waals surface area contributed by atoms with E-state index in [1.54, 1.807) is 19.2 Å². The Balaban J connectivity index is 0.000000810. The van der Waals surface area contributed by atoms with Crippen LogP contribution in [0.5, 0.6) is 5.75 Å². The molecule has 0 saturated carbocycles. The van der Waals surface area contributed by atoms with Crippen molar-refractivity contribution in [2.24, 2.45) is 0 Å². The van der Waals surface area contributed by atoms with Gasteiger partial charge in [-0.2, -0.15) is 0 Å². The molecule has 1 aromatic carbocycles. The first kappa shape index (κ1) is 9.51. The Morgan fingerprint density at radius 1 is 1.20 bits per heavy atom. The van der Waals surface area contributed by atoms with Crippen LogP contribution in [-0.4, -0.2) is 7.11 Å². The SMILES string of the molecule is COc1ccc(N)cc1.[Pt]. The first-order valence-corrected chi connectivity index (χ1v) is 2.72. The Bertz CT molecular complexity index is 185. The van der Waals surface area contributed by atoms with E-state index in [4.69, 9.17) is 10.5 Å². The molecule has 0 saturated heterocycles. The summed E-state index contributed by atoms with van der Waals surface area (Å²) < 4.78 is 4.91. The van der Waals surface area contributed by atoms with E-state index in [9.17, 15) is 0 Å². The second-order valence-electron chi connectivity index (χ2n) is 1.77. The molecule has 0 atom stereocenters. The van der Waals surface area contributed by atoms with Crippen molar-refractivity contribution in [3.8, 4) is 5.75 Å². The minimum absolute atomic E-state index is 0. The summed E-state index contributed by atoms with van der Waals surface area (Å²) in [5.41, 5.74) is 6.19. The molecular formula is C7H9NOPt. The van der Waals surface area contributed by atoms with Crippen molar-refractivity contribution in [3.63, 3.8) is 0 Å². The van der Waals surface area contributed by atoms with Gasteiger partial charge in [0.15, 0.2) is 0 Å². The normalized spacial score (nSPS) is 8.10. The number of ether oxygens (including phenoxy) is 1. The summed E-state index contributed by atoms with van der Waals surface area (Å²) in [6, 6.07) is 7.27. The zero-order valence-electron chi connectivity index (χ0n) is 5.61. The molecule has 10 heavy (non-hydrogen) atoms. The topological polar surface area (TPSA) is 35.2 Å². The van der Waals surface area contributed by atoms with E-state index >= 15 is 0 Å². The summed E-state index contributed by atoms with van der Waals surface area (Å²) in [6.07, 6.45) is 0. The molecule has 0 unspecified atom stereocenters. The average molecular weight is 318 g/mol. The number of hydrogen-bond acceptors (Lipinski definition) is 2. The molecule has 1 rings (SSSR count). The molecule has 0 aliphatic heterocycles. The van der Waals surface area contributed by atoms with Crippen molar-refractivity contribution < 1.29 is 25.8 Å². The van der Waals surface area contributed by atoms with Crippen LogP contribution in [0.25, 0.3) is 0 Å². The van der Waals surface area contributed by atoms with E-state index < -0.39 is 0 Å². The van der Waals surface area contributed by atoms with Gasteiger partial charge in [-0.25, -0.2) is 0 Å². The average Bonchev–Trinajstić information content (AvgIpc) is 1.90. The third-order valence-corrected chi connectivity index (χ3v) is 1.12. The Morgan fingerprint density at radius 2 is 1.70 bits per heavy atom. The van der Waals surface area contributed by atoms with Crippen LogP contribution in [-0.2, 0) is 21.1 Å².